The summed E-state index contributed by atoms with van der Waals surface area (Å²) in [5.74, 6) is -0.453. The first-order chi connectivity index (χ1) is 8.13. The molecule has 2 unspecified atom stereocenters. The van der Waals surface area contributed by atoms with Crippen LogP contribution in [-0.4, -0.2) is 47.2 Å². The number of esters is 1. The van der Waals surface area contributed by atoms with Gasteiger partial charge < -0.3 is 9.64 Å². The van der Waals surface area contributed by atoms with Crippen LogP contribution in [0, 0.1) is 11.8 Å². The summed E-state index contributed by atoms with van der Waals surface area (Å²) < 4.78 is 4.73. The van der Waals surface area contributed by atoms with E-state index in [9.17, 15) is 9.59 Å². The number of aromatic amines is 1. The second kappa shape index (κ2) is 4.57. The Morgan fingerprint density at radius 2 is 2.29 bits per heavy atom. The lowest BCUT2D eigenvalue weighted by atomic mass is 9.99. The summed E-state index contributed by atoms with van der Waals surface area (Å²) in [5, 5.41) is 6.34. The predicted octanol–water partition coefficient (Wildman–Crippen LogP) is 0.291. The van der Waals surface area contributed by atoms with Crippen molar-refractivity contribution >= 4 is 11.9 Å². The molecule has 0 radical (unpaired) electrons. The third-order valence-electron chi connectivity index (χ3n) is 3.15. The molecule has 0 aromatic carbocycles. The summed E-state index contributed by atoms with van der Waals surface area (Å²) in [6, 6.07) is 0. The Labute approximate surface area is 98.9 Å². The van der Waals surface area contributed by atoms with Gasteiger partial charge in [0, 0.05) is 19.3 Å². The molecule has 0 saturated carbocycles. The van der Waals surface area contributed by atoms with Crippen LogP contribution >= 0.6 is 0 Å². The summed E-state index contributed by atoms with van der Waals surface area (Å²) in [6.45, 7) is 2.94. The normalized spacial score (nSPS) is 23.8. The molecule has 1 aromatic rings. The van der Waals surface area contributed by atoms with Crippen molar-refractivity contribution in [2.75, 3.05) is 20.2 Å². The van der Waals surface area contributed by atoms with E-state index in [-0.39, 0.29) is 23.7 Å². The Hall–Kier alpha value is -1.85. The number of carbonyl (C=O) groups excluding carboxylic acids is 2. The van der Waals surface area contributed by atoms with Crippen LogP contribution in [0.15, 0.2) is 12.4 Å². The lowest BCUT2D eigenvalue weighted by Crippen LogP contribution is -2.29. The third kappa shape index (κ3) is 2.15. The van der Waals surface area contributed by atoms with Gasteiger partial charge in [-0.3, -0.25) is 14.7 Å². The topological polar surface area (TPSA) is 75.3 Å². The summed E-state index contributed by atoms with van der Waals surface area (Å²) in [4.78, 5) is 25.2. The molecule has 0 aliphatic carbocycles. The molecular weight excluding hydrogens is 222 g/mol. The van der Waals surface area contributed by atoms with Crippen LogP contribution < -0.4 is 0 Å². The Balaban J connectivity index is 2.06. The molecule has 6 heteroatoms. The molecule has 1 fully saturated rings. The second-order valence-corrected chi connectivity index (χ2v) is 4.30. The number of rotatable bonds is 2. The molecule has 17 heavy (non-hydrogen) atoms. The average molecular weight is 237 g/mol. The summed E-state index contributed by atoms with van der Waals surface area (Å²) >= 11 is 0. The molecule has 2 heterocycles. The van der Waals surface area contributed by atoms with Gasteiger partial charge in [-0.25, -0.2) is 0 Å². The molecule has 0 bridgehead atoms. The minimum atomic E-state index is -0.250. The first-order valence-corrected chi connectivity index (χ1v) is 5.49. The Morgan fingerprint density at radius 3 is 2.88 bits per heavy atom. The maximum Gasteiger partial charge on any atom is 0.310 e. The Bertz CT molecular complexity index is 416. The molecule has 2 rings (SSSR count). The number of ether oxygens (including phenoxy) is 1. The molecule has 1 aromatic heterocycles. The Kier molecular flexibility index (Phi) is 3.12. The van der Waals surface area contributed by atoms with Crippen molar-refractivity contribution in [2.24, 2.45) is 11.8 Å². The van der Waals surface area contributed by atoms with E-state index in [1.54, 1.807) is 11.1 Å². The van der Waals surface area contributed by atoms with Crippen LogP contribution in [0.2, 0.25) is 0 Å². The van der Waals surface area contributed by atoms with Crippen molar-refractivity contribution in [1.82, 2.24) is 15.1 Å². The fraction of sp³-hybridized carbons (Fsp3) is 0.545. The number of nitrogens with one attached hydrogen (secondary N) is 1. The lowest BCUT2D eigenvalue weighted by Gasteiger charge is -2.14. The van der Waals surface area contributed by atoms with Crippen molar-refractivity contribution in [1.29, 1.82) is 0 Å². The van der Waals surface area contributed by atoms with Crippen molar-refractivity contribution in [3.05, 3.63) is 18.0 Å². The number of carbonyl (C=O) groups is 2. The number of hydrogen-bond donors (Lipinski definition) is 1. The first kappa shape index (κ1) is 11.6. The molecule has 1 saturated heterocycles. The van der Waals surface area contributed by atoms with E-state index in [0.717, 1.165) is 0 Å². The van der Waals surface area contributed by atoms with E-state index in [1.165, 1.54) is 13.3 Å². The molecule has 1 amide bonds. The molecule has 6 nitrogen and oxygen atoms in total. The molecular formula is C11H15N3O3. The third-order valence-corrected chi connectivity index (χ3v) is 3.15. The fourth-order valence-electron chi connectivity index (χ4n) is 2.14. The van der Waals surface area contributed by atoms with Gasteiger partial charge in [0.2, 0.25) is 0 Å². The summed E-state index contributed by atoms with van der Waals surface area (Å²) in [7, 11) is 1.37. The zero-order chi connectivity index (χ0) is 12.4. The number of H-pyrrole nitrogens is 1. The Morgan fingerprint density at radius 1 is 1.53 bits per heavy atom. The zero-order valence-electron chi connectivity index (χ0n) is 9.84. The van der Waals surface area contributed by atoms with Gasteiger partial charge in [-0.05, 0) is 5.92 Å². The van der Waals surface area contributed by atoms with E-state index in [2.05, 4.69) is 10.2 Å². The maximum absolute atomic E-state index is 12.0. The van der Waals surface area contributed by atoms with E-state index >= 15 is 0 Å². The summed E-state index contributed by atoms with van der Waals surface area (Å²) in [6.07, 6.45) is 3.04. The van der Waals surface area contributed by atoms with Gasteiger partial charge >= 0.3 is 5.97 Å². The van der Waals surface area contributed by atoms with Crippen LogP contribution in [0.1, 0.15) is 17.3 Å². The highest BCUT2D eigenvalue weighted by Crippen LogP contribution is 2.25. The van der Waals surface area contributed by atoms with Crippen molar-refractivity contribution in [3.8, 4) is 0 Å². The van der Waals surface area contributed by atoms with Crippen molar-refractivity contribution in [3.63, 3.8) is 0 Å². The largest absolute Gasteiger partial charge is 0.469 e. The highest BCUT2D eigenvalue weighted by atomic mass is 16.5. The number of amides is 1. The monoisotopic (exact) mass is 237 g/mol. The quantitative estimate of drug-likeness (QED) is 0.750. The molecule has 1 aliphatic rings. The molecule has 1 aliphatic heterocycles. The van der Waals surface area contributed by atoms with Gasteiger partial charge in [-0.2, -0.15) is 5.10 Å². The smallest absolute Gasteiger partial charge is 0.310 e. The molecule has 0 spiro atoms. The van der Waals surface area contributed by atoms with Gasteiger partial charge in [0.05, 0.1) is 24.8 Å². The lowest BCUT2D eigenvalue weighted by molar-refractivity contribution is -0.146. The van der Waals surface area contributed by atoms with Crippen LogP contribution in [0.3, 0.4) is 0 Å². The van der Waals surface area contributed by atoms with Crippen LogP contribution in [0.25, 0.3) is 0 Å². The minimum absolute atomic E-state index is 0.1000. The minimum Gasteiger partial charge on any atom is -0.469 e. The number of nitrogens with zero attached hydrogens (tertiary/aromatic N) is 2. The van der Waals surface area contributed by atoms with Gasteiger partial charge in [0.1, 0.15) is 0 Å². The van der Waals surface area contributed by atoms with Crippen LogP contribution in [-0.2, 0) is 9.53 Å². The number of methoxy groups -OCH3 is 1. The van der Waals surface area contributed by atoms with Crippen molar-refractivity contribution in [2.45, 2.75) is 6.92 Å². The summed E-state index contributed by atoms with van der Waals surface area (Å²) in [5.41, 5.74) is 0.516. The zero-order valence-corrected chi connectivity index (χ0v) is 9.84. The predicted molar refractivity (Wildman–Crippen MR) is 59.2 cm³/mol. The average Bonchev–Trinajstić information content (AvgIpc) is 2.96. The van der Waals surface area contributed by atoms with Gasteiger partial charge in [0.25, 0.3) is 5.91 Å². The van der Waals surface area contributed by atoms with E-state index < -0.39 is 0 Å². The van der Waals surface area contributed by atoms with Crippen molar-refractivity contribution < 1.29 is 14.3 Å². The second-order valence-electron chi connectivity index (χ2n) is 4.30. The molecule has 1 N–H and O–H groups in total. The van der Waals surface area contributed by atoms with Crippen LogP contribution in [0.5, 0.6) is 0 Å². The van der Waals surface area contributed by atoms with Gasteiger partial charge in [-0.1, -0.05) is 6.92 Å². The standard InChI is InChI=1S/C11H15N3O3/c1-7-5-14(6-9(7)11(16)17-2)10(15)8-3-12-13-4-8/h3-4,7,9H,5-6H2,1-2H3,(H,12,13). The van der Waals surface area contributed by atoms with Gasteiger partial charge in [0.15, 0.2) is 0 Å². The number of hydrogen-bond acceptors (Lipinski definition) is 4. The van der Waals surface area contributed by atoms with Crippen LogP contribution in [0.4, 0.5) is 0 Å². The molecule has 2 atom stereocenters. The number of aromatic nitrogens is 2. The molecule has 92 valence electrons. The highest BCUT2D eigenvalue weighted by Gasteiger charge is 2.37. The SMILES string of the molecule is COC(=O)C1CN(C(=O)c2cn[nH]c2)CC1C. The van der Waals surface area contributed by atoms with E-state index in [1.807, 2.05) is 6.92 Å². The number of likely N-dealkylation sites (tertiary alicyclic amines) is 1. The maximum atomic E-state index is 12.0. The first-order valence-electron chi connectivity index (χ1n) is 5.49. The van der Waals surface area contributed by atoms with Gasteiger partial charge in [-0.15, -0.1) is 0 Å². The fourth-order valence-corrected chi connectivity index (χ4v) is 2.14. The van der Waals surface area contributed by atoms with E-state index in [4.69, 9.17) is 4.74 Å². The van der Waals surface area contributed by atoms with E-state index in [0.29, 0.717) is 18.7 Å². The highest BCUT2D eigenvalue weighted by molar-refractivity contribution is 5.94.